The molecule has 0 spiro atoms. The summed E-state index contributed by atoms with van der Waals surface area (Å²) in [6, 6.07) is 10.6. The minimum Gasteiger partial charge on any atom is -0.481 e. The Hall–Kier alpha value is -2.08. The van der Waals surface area contributed by atoms with E-state index in [0.29, 0.717) is 10.9 Å². The van der Waals surface area contributed by atoms with Gasteiger partial charge in [-0.25, -0.2) is 0 Å². The summed E-state index contributed by atoms with van der Waals surface area (Å²) in [5.41, 5.74) is 1.11. The molecule has 0 unspecified atom stereocenters. The maximum absolute atomic E-state index is 11.0. The third-order valence-corrected chi connectivity index (χ3v) is 3.46. The first-order chi connectivity index (χ1) is 9.10. The van der Waals surface area contributed by atoms with Crippen LogP contribution in [0.1, 0.15) is 5.56 Å². The number of hydrogen-bond donors (Lipinski definition) is 0. The van der Waals surface area contributed by atoms with Crippen LogP contribution in [-0.4, -0.2) is 17.0 Å². The Labute approximate surface area is 114 Å². The van der Waals surface area contributed by atoms with Crippen molar-refractivity contribution < 1.29 is 9.66 Å². The highest BCUT2D eigenvalue weighted by atomic mass is 32.2. The lowest BCUT2D eigenvalue weighted by molar-refractivity contribution is -0.388. The SMILES string of the molecule is COc1ccc([N+](=O)[O-])c(Sc2ccc(C)cc2)n1. The van der Waals surface area contributed by atoms with Crippen molar-refractivity contribution in [3.05, 3.63) is 52.1 Å². The molecule has 0 bridgehead atoms. The van der Waals surface area contributed by atoms with Gasteiger partial charge in [-0.05, 0) is 19.1 Å². The van der Waals surface area contributed by atoms with E-state index in [9.17, 15) is 10.1 Å². The summed E-state index contributed by atoms with van der Waals surface area (Å²) in [5.74, 6) is 0.361. The minimum absolute atomic E-state index is 0.0219. The fourth-order valence-electron chi connectivity index (χ4n) is 1.46. The molecule has 1 aromatic carbocycles. The second-order valence-corrected chi connectivity index (χ2v) is 4.91. The summed E-state index contributed by atoms with van der Waals surface area (Å²) < 4.78 is 5.00. The summed E-state index contributed by atoms with van der Waals surface area (Å²) >= 11 is 1.25. The van der Waals surface area contributed by atoms with E-state index < -0.39 is 4.92 Å². The van der Waals surface area contributed by atoms with Crippen LogP contribution in [0.5, 0.6) is 5.88 Å². The van der Waals surface area contributed by atoms with E-state index in [1.54, 1.807) is 0 Å². The van der Waals surface area contributed by atoms with Gasteiger partial charge in [0.1, 0.15) is 0 Å². The van der Waals surface area contributed by atoms with Crippen LogP contribution in [0.4, 0.5) is 5.69 Å². The molecule has 0 saturated heterocycles. The van der Waals surface area contributed by atoms with E-state index in [0.717, 1.165) is 10.5 Å². The zero-order valence-corrected chi connectivity index (χ0v) is 11.3. The zero-order chi connectivity index (χ0) is 13.8. The van der Waals surface area contributed by atoms with Gasteiger partial charge in [-0.15, -0.1) is 0 Å². The molecule has 6 heteroatoms. The first-order valence-corrected chi connectivity index (χ1v) is 6.36. The Morgan fingerprint density at radius 3 is 2.47 bits per heavy atom. The second-order valence-electron chi connectivity index (χ2n) is 3.85. The highest BCUT2D eigenvalue weighted by Crippen LogP contribution is 2.34. The third-order valence-electron chi connectivity index (χ3n) is 2.46. The smallest absolute Gasteiger partial charge is 0.302 e. The van der Waals surface area contributed by atoms with Crippen molar-refractivity contribution in [3.8, 4) is 5.88 Å². The number of aromatic nitrogens is 1. The highest BCUT2D eigenvalue weighted by Gasteiger charge is 2.17. The van der Waals surface area contributed by atoms with Crippen LogP contribution in [0.15, 0.2) is 46.3 Å². The lowest BCUT2D eigenvalue weighted by Crippen LogP contribution is -1.95. The van der Waals surface area contributed by atoms with Crippen LogP contribution >= 0.6 is 11.8 Å². The average Bonchev–Trinajstić information content (AvgIpc) is 2.41. The second kappa shape index (κ2) is 5.71. The molecule has 0 atom stereocenters. The Kier molecular flexibility index (Phi) is 4.01. The Morgan fingerprint density at radius 2 is 1.89 bits per heavy atom. The van der Waals surface area contributed by atoms with Crippen molar-refractivity contribution in [2.75, 3.05) is 7.11 Å². The number of aryl methyl sites for hydroxylation is 1. The van der Waals surface area contributed by atoms with Crippen molar-refractivity contribution in [2.24, 2.45) is 0 Å². The molecule has 1 aromatic heterocycles. The maximum Gasteiger partial charge on any atom is 0.302 e. The Balaban J connectivity index is 2.36. The lowest BCUT2D eigenvalue weighted by atomic mass is 10.2. The quantitative estimate of drug-likeness (QED) is 0.632. The van der Waals surface area contributed by atoms with E-state index in [2.05, 4.69) is 4.98 Å². The number of benzene rings is 1. The molecule has 0 aliphatic heterocycles. The normalized spacial score (nSPS) is 10.2. The van der Waals surface area contributed by atoms with Gasteiger partial charge in [-0.2, -0.15) is 4.98 Å². The van der Waals surface area contributed by atoms with Crippen LogP contribution in [-0.2, 0) is 0 Å². The van der Waals surface area contributed by atoms with Crippen LogP contribution < -0.4 is 4.74 Å². The van der Waals surface area contributed by atoms with Crippen LogP contribution in [0, 0.1) is 17.0 Å². The number of hydrogen-bond acceptors (Lipinski definition) is 5. The van der Waals surface area contributed by atoms with Gasteiger partial charge < -0.3 is 4.74 Å². The molecule has 5 nitrogen and oxygen atoms in total. The standard InChI is InChI=1S/C13H12N2O3S/c1-9-3-5-10(6-4-9)19-13-11(15(16)17)7-8-12(14-13)18-2/h3-8H,1-2H3. The summed E-state index contributed by atoms with van der Waals surface area (Å²) in [6.07, 6.45) is 0. The van der Waals surface area contributed by atoms with E-state index in [1.807, 2.05) is 31.2 Å². The summed E-state index contributed by atoms with van der Waals surface area (Å²) in [4.78, 5) is 15.6. The van der Waals surface area contributed by atoms with Crippen LogP contribution in [0.3, 0.4) is 0 Å². The van der Waals surface area contributed by atoms with Gasteiger partial charge in [0, 0.05) is 17.0 Å². The molecule has 0 fully saturated rings. The summed E-state index contributed by atoms with van der Waals surface area (Å²) in [6.45, 7) is 1.99. The fraction of sp³-hybridized carbons (Fsp3) is 0.154. The van der Waals surface area contributed by atoms with Crippen LogP contribution in [0.25, 0.3) is 0 Å². The van der Waals surface area contributed by atoms with E-state index in [-0.39, 0.29) is 5.69 Å². The fourth-order valence-corrected chi connectivity index (χ4v) is 2.34. The largest absolute Gasteiger partial charge is 0.481 e. The molecule has 0 aliphatic carbocycles. The first kappa shape index (κ1) is 13.4. The molecule has 1 heterocycles. The number of rotatable bonds is 4. The van der Waals surface area contributed by atoms with Crippen LogP contribution in [0.2, 0.25) is 0 Å². The molecule has 0 radical (unpaired) electrons. The molecule has 0 amide bonds. The minimum atomic E-state index is -0.442. The number of methoxy groups -OCH3 is 1. The van der Waals surface area contributed by atoms with Gasteiger partial charge in [0.25, 0.3) is 0 Å². The predicted molar refractivity (Wildman–Crippen MR) is 72.7 cm³/mol. The molecule has 98 valence electrons. The average molecular weight is 276 g/mol. The van der Waals surface area contributed by atoms with Crippen molar-refractivity contribution >= 4 is 17.4 Å². The maximum atomic E-state index is 11.0. The molecular formula is C13H12N2O3S. The first-order valence-electron chi connectivity index (χ1n) is 5.54. The van der Waals surface area contributed by atoms with Gasteiger partial charge in [0.05, 0.1) is 12.0 Å². The van der Waals surface area contributed by atoms with Gasteiger partial charge in [0.15, 0.2) is 5.03 Å². The molecule has 0 aliphatic rings. The molecule has 2 aromatic rings. The van der Waals surface area contributed by atoms with E-state index in [1.165, 1.54) is 31.0 Å². The van der Waals surface area contributed by atoms with Crippen molar-refractivity contribution in [3.63, 3.8) is 0 Å². The summed E-state index contributed by atoms with van der Waals surface area (Å²) in [7, 11) is 1.48. The lowest BCUT2D eigenvalue weighted by Gasteiger charge is -2.04. The number of ether oxygens (including phenoxy) is 1. The van der Waals surface area contributed by atoms with Crippen molar-refractivity contribution in [1.29, 1.82) is 0 Å². The van der Waals surface area contributed by atoms with Gasteiger partial charge in [0.2, 0.25) is 5.88 Å². The topological polar surface area (TPSA) is 65.3 Å². The summed E-state index contributed by atoms with van der Waals surface area (Å²) in [5, 5.41) is 11.3. The third kappa shape index (κ3) is 3.23. The van der Waals surface area contributed by atoms with E-state index in [4.69, 9.17) is 4.74 Å². The number of nitro groups is 1. The molecule has 19 heavy (non-hydrogen) atoms. The number of nitrogens with zero attached hydrogens (tertiary/aromatic N) is 2. The Morgan fingerprint density at radius 1 is 1.21 bits per heavy atom. The Bertz CT molecular complexity index is 599. The zero-order valence-electron chi connectivity index (χ0n) is 10.5. The molecule has 0 saturated carbocycles. The molecule has 2 rings (SSSR count). The molecular weight excluding hydrogens is 264 g/mol. The monoisotopic (exact) mass is 276 g/mol. The van der Waals surface area contributed by atoms with Gasteiger partial charge >= 0.3 is 5.69 Å². The van der Waals surface area contributed by atoms with Gasteiger partial charge in [-0.1, -0.05) is 29.5 Å². The number of pyridine rings is 1. The van der Waals surface area contributed by atoms with Crippen molar-refractivity contribution in [2.45, 2.75) is 16.8 Å². The van der Waals surface area contributed by atoms with Gasteiger partial charge in [-0.3, -0.25) is 10.1 Å². The highest BCUT2D eigenvalue weighted by molar-refractivity contribution is 7.99. The van der Waals surface area contributed by atoms with E-state index >= 15 is 0 Å². The van der Waals surface area contributed by atoms with Crippen molar-refractivity contribution in [1.82, 2.24) is 4.98 Å². The predicted octanol–water partition coefficient (Wildman–Crippen LogP) is 3.46. The molecule has 0 N–H and O–H groups in total.